The molecule has 0 amide bonds. The topological polar surface area (TPSA) is 20.2 Å². The van der Waals surface area contributed by atoms with Crippen LogP contribution in [0.2, 0.25) is 0 Å². The second kappa shape index (κ2) is 3.92. The molecule has 0 aromatic rings. The van der Waals surface area contributed by atoms with Crippen molar-refractivity contribution in [2.45, 2.75) is 31.8 Å². The molecule has 0 aromatic heterocycles. The monoisotopic (exact) mass is 196 g/mol. The third-order valence-electron chi connectivity index (χ3n) is 2.32. The molecule has 4 heteroatoms. The van der Waals surface area contributed by atoms with Gasteiger partial charge in [-0.1, -0.05) is 0 Å². The Labute approximate surface area is 75.5 Å². The van der Waals surface area contributed by atoms with Gasteiger partial charge in [0, 0.05) is 5.92 Å². The van der Waals surface area contributed by atoms with Crippen molar-refractivity contribution in [1.82, 2.24) is 0 Å². The fraction of sp³-hybridized carbons (Fsp3) is 1.00. The van der Waals surface area contributed by atoms with Crippen LogP contribution in [-0.2, 0) is 0 Å². The number of rotatable bonds is 2. The van der Waals surface area contributed by atoms with Crippen LogP contribution < -0.4 is 0 Å². The fourth-order valence-corrected chi connectivity index (χ4v) is 2.53. The van der Waals surface area contributed by atoms with Gasteiger partial charge in [0.15, 0.2) is 0 Å². The number of hydrogen-bond acceptors (Lipinski definition) is 2. The molecule has 12 heavy (non-hydrogen) atoms. The summed E-state index contributed by atoms with van der Waals surface area (Å²) < 4.78 is 26.3. The molecule has 0 aromatic carbocycles. The van der Waals surface area contributed by atoms with Crippen LogP contribution in [0.3, 0.4) is 0 Å². The molecule has 1 aliphatic rings. The first kappa shape index (κ1) is 10.3. The molecule has 0 spiro atoms. The number of alkyl halides is 2. The third kappa shape index (κ3) is 2.10. The van der Waals surface area contributed by atoms with Gasteiger partial charge in [-0.15, -0.1) is 0 Å². The lowest BCUT2D eigenvalue weighted by atomic mass is 9.92. The lowest BCUT2D eigenvalue weighted by Crippen LogP contribution is -2.40. The molecule has 1 heterocycles. The van der Waals surface area contributed by atoms with Crippen molar-refractivity contribution in [1.29, 1.82) is 0 Å². The van der Waals surface area contributed by atoms with Crippen LogP contribution in [0.15, 0.2) is 0 Å². The van der Waals surface area contributed by atoms with E-state index in [1.165, 1.54) is 6.92 Å². The van der Waals surface area contributed by atoms with Gasteiger partial charge in [-0.3, -0.25) is 0 Å². The van der Waals surface area contributed by atoms with Crippen molar-refractivity contribution < 1.29 is 13.9 Å². The van der Waals surface area contributed by atoms with Crippen molar-refractivity contribution in [2.75, 3.05) is 11.5 Å². The summed E-state index contributed by atoms with van der Waals surface area (Å²) in [5.74, 6) is -1.90. The van der Waals surface area contributed by atoms with E-state index in [1.807, 2.05) is 0 Å². The highest BCUT2D eigenvalue weighted by molar-refractivity contribution is 7.99. The van der Waals surface area contributed by atoms with Crippen LogP contribution in [0.5, 0.6) is 0 Å². The van der Waals surface area contributed by atoms with E-state index >= 15 is 0 Å². The molecule has 0 radical (unpaired) electrons. The van der Waals surface area contributed by atoms with Gasteiger partial charge in [0.05, 0.1) is 0 Å². The van der Waals surface area contributed by atoms with E-state index in [2.05, 4.69) is 0 Å². The Bertz CT molecular complexity index is 144. The quantitative estimate of drug-likeness (QED) is 0.730. The second-order valence-corrected chi connectivity index (χ2v) is 4.46. The van der Waals surface area contributed by atoms with Crippen LogP contribution in [0.25, 0.3) is 0 Å². The van der Waals surface area contributed by atoms with Gasteiger partial charge in [-0.2, -0.15) is 11.8 Å². The fourth-order valence-electron chi connectivity index (χ4n) is 1.42. The molecule has 0 saturated carbocycles. The summed E-state index contributed by atoms with van der Waals surface area (Å²) in [5.41, 5.74) is 0. The van der Waals surface area contributed by atoms with Crippen LogP contribution in [-0.4, -0.2) is 28.6 Å². The van der Waals surface area contributed by atoms with E-state index in [-0.39, 0.29) is 0 Å². The van der Waals surface area contributed by atoms with E-state index < -0.39 is 17.9 Å². The maximum atomic E-state index is 13.2. The minimum Gasteiger partial charge on any atom is -0.387 e. The maximum absolute atomic E-state index is 13.2. The Morgan fingerprint density at radius 3 is 2.33 bits per heavy atom. The minimum atomic E-state index is -2.89. The predicted octanol–water partition coefficient (Wildman–Crippen LogP) is 2.15. The number of aliphatic hydroxyl groups is 1. The van der Waals surface area contributed by atoms with Gasteiger partial charge in [0.1, 0.15) is 6.10 Å². The maximum Gasteiger partial charge on any atom is 0.275 e. The summed E-state index contributed by atoms with van der Waals surface area (Å²) in [6, 6.07) is 0. The first-order valence-electron chi connectivity index (χ1n) is 4.18. The van der Waals surface area contributed by atoms with Crippen LogP contribution in [0.4, 0.5) is 8.78 Å². The average Bonchev–Trinajstić information content (AvgIpc) is 2.06. The molecule has 1 unspecified atom stereocenters. The first-order valence-corrected chi connectivity index (χ1v) is 5.34. The van der Waals surface area contributed by atoms with Crippen molar-refractivity contribution in [3.05, 3.63) is 0 Å². The second-order valence-electron chi connectivity index (χ2n) is 3.24. The molecule has 1 fully saturated rings. The molecule has 0 aliphatic carbocycles. The molecule has 0 bridgehead atoms. The van der Waals surface area contributed by atoms with Gasteiger partial charge >= 0.3 is 0 Å². The van der Waals surface area contributed by atoms with Gasteiger partial charge < -0.3 is 5.11 Å². The minimum absolute atomic E-state index is 0.530. The lowest BCUT2D eigenvalue weighted by Gasteiger charge is -2.31. The molecule has 1 aliphatic heterocycles. The summed E-state index contributed by atoms with van der Waals surface area (Å²) in [6.07, 6.45) is -0.448. The zero-order chi connectivity index (χ0) is 9.19. The molecular formula is C8H14F2OS. The SMILES string of the molecule is CC(O)C(F)(F)C1CCSCC1. The Kier molecular flexibility index (Phi) is 3.35. The van der Waals surface area contributed by atoms with Crippen molar-refractivity contribution in [3.63, 3.8) is 0 Å². The number of halogens is 2. The van der Waals surface area contributed by atoms with Crippen LogP contribution in [0, 0.1) is 5.92 Å². The van der Waals surface area contributed by atoms with Gasteiger partial charge in [-0.05, 0) is 31.3 Å². The smallest absolute Gasteiger partial charge is 0.275 e. The molecule has 1 nitrogen and oxygen atoms in total. The molecule has 1 saturated heterocycles. The van der Waals surface area contributed by atoms with Gasteiger partial charge in [-0.25, -0.2) is 8.78 Å². The summed E-state index contributed by atoms with van der Waals surface area (Å²) >= 11 is 1.71. The Morgan fingerprint density at radius 2 is 1.92 bits per heavy atom. The third-order valence-corrected chi connectivity index (χ3v) is 3.37. The van der Waals surface area contributed by atoms with E-state index in [0.717, 1.165) is 11.5 Å². The Balaban J connectivity index is 2.53. The van der Waals surface area contributed by atoms with Crippen molar-refractivity contribution in [3.8, 4) is 0 Å². The molecule has 1 rings (SSSR count). The zero-order valence-electron chi connectivity index (χ0n) is 7.09. The summed E-state index contributed by atoms with van der Waals surface area (Å²) in [6.45, 7) is 1.17. The highest BCUT2D eigenvalue weighted by Gasteiger charge is 2.44. The molecule has 72 valence electrons. The molecule has 1 atom stereocenters. The highest BCUT2D eigenvalue weighted by atomic mass is 32.2. The van der Waals surface area contributed by atoms with E-state index in [0.29, 0.717) is 12.8 Å². The largest absolute Gasteiger partial charge is 0.387 e. The number of aliphatic hydroxyl groups excluding tert-OH is 1. The van der Waals surface area contributed by atoms with Crippen molar-refractivity contribution >= 4 is 11.8 Å². The summed E-state index contributed by atoms with van der Waals surface area (Å²) in [4.78, 5) is 0. The predicted molar refractivity (Wildman–Crippen MR) is 46.7 cm³/mol. The highest BCUT2D eigenvalue weighted by Crippen LogP contribution is 2.37. The Hall–Kier alpha value is 0.170. The van der Waals surface area contributed by atoms with E-state index in [1.54, 1.807) is 11.8 Å². The van der Waals surface area contributed by atoms with Crippen molar-refractivity contribution in [2.24, 2.45) is 5.92 Å². The zero-order valence-corrected chi connectivity index (χ0v) is 7.91. The Morgan fingerprint density at radius 1 is 1.42 bits per heavy atom. The number of hydrogen-bond donors (Lipinski definition) is 1. The average molecular weight is 196 g/mol. The van der Waals surface area contributed by atoms with Crippen LogP contribution in [0.1, 0.15) is 19.8 Å². The van der Waals surface area contributed by atoms with Crippen LogP contribution >= 0.6 is 11.8 Å². The molecular weight excluding hydrogens is 182 g/mol. The van der Waals surface area contributed by atoms with E-state index in [4.69, 9.17) is 5.11 Å². The standard InChI is InChI=1S/C8H14F2OS/c1-6(11)8(9,10)7-2-4-12-5-3-7/h6-7,11H,2-5H2,1H3. The van der Waals surface area contributed by atoms with Gasteiger partial charge in [0.25, 0.3) is 5.92 Å². The summed E-state index contributed by atoms with van der Waals surface area (Å²) in [7, 11) is 0. The normalized spacial score (nSPS) is 24.0. The molecule has 1 N–H and O–H groups in total. The first-order chi connectivity index (χ1) is 5.55. The van der Waals surface area contributed by atoms with E-state index in [9.17, 15) is 8.78 Å². The summed E-state index contributed by atoms with van der Waals surface area (Å²) in [5, 5.41) is 8.88. The lowest BCUT2D eigenvalue weighted by molar-refractivity contribution is -0.142. The van der Waals surface area contributed by atoms with Gasteiger partial charge in [0.2, 0.25) is 0 Å². The number of thioether (sulfide) groups is 1.